The van der Waals surface area contributed by atoms with Crippen LogP contribution in [0, 0.1) is 12.7 Å². The molecule has 0 saturated heterocycles. The van der Waals surface area contributed by atoms with Crippen LogP contribution in [0.5, 0.6) is 0 Å². The van der Waals surface area contributed by atoms with Crippen LogP contribution in [0.2, 0.25) is 10.0 Å². The molecule has 1 N–H and O–H groups in total. The van der Waals surface area contributed by atoms with Crippen LogP contribution in [0.25, 0.3) is 16.7 Å². The molecule has 0 aliphatic heterocycles. The minimum absolute atomic E-state index is 0.0317. The molecule has 2 aromatic carbocycles. The Morgan fingerprint density at radius 1 is 1.17 bits per heavy atom. The number of fused-ring (bicyclic) bond motifs is 1. The van der Waals surface area contributed by atoms with Crippen molar-refractivity contribution in [1.82, 2.24) is 19.3 Å². The molecule has 0 saturated carbocycles. The number of rotatable bonds is 4. The smallest absolute Gasteiger partial charge is 0.264 e. The van der Waals surface area contributed by atoms with Crippen LogP contribution in [-0.2, 0) is 11.3 Å². The molecule has 0 fully saturated rings. The lowest BCUT2D eigenvalue weighted by molar-refractivity contribution is -0.116. The van der Waals surface area contributed by atoms with Gasteiger partial charge in [0.1, 0.15) is 24.1 Å². The first-order valence-electron chi connectivity index (χ1n) is 8.78. The number of halogens is 3. The van der Waals surface area contributed by atoms with Crippen molar-refractivity contribution >= 4 is 45.8 Å². The van der Waals surface area contributed by atoms with E-state index in [4.69, 9.17) is 23.2 Å². The molecule has 7 nitrogen and oxygen atoms in total. The standard InChI is InChI=1S/C20H14Cl2FN5O2/c1-11-2-3-13(22)7-17(11)28-19-14(8-25-28)20(30)27(10-24-19)9-18(29)26-16-5-4-12(21)6-15(16)23/h2-8,10H,9H2,1H3,(H,26,29). The lowest BCUT2D eigenvalue weighted by Crippen LogP contribution is -2.28. The van der Waals surface area contributed by atoms with Crippen LogP contribution < -0.4 is 10.9 Å². The van der Waals surface area contributed by atoms with E-state index < -0.39 is 17.3 Å². The van der Waals surface area contributed by atoms with Crippen LogP contribution in [0.4, 0.5) is 10.1 Å². The summed E-state index contributed by atoms with van der Waals surface area (Å²) in [5.41, 5.74) is 1.46. The largest absolute Gasteiger partial charge is 0.322 e. The summed E-state index contributed by atoms with van der Waals surface area (Å²) in [4.78, 5) is 29.4. The van der Waals surface area contributed by atoms with Crippen molar-refractivity contribution in [3.8, 4) is 5.69 Å². The molecule has 4 rings (SSSR count). The lowest BCUT2D eigenvalue weighted by atomic mass is 10.2. The van der Waals surface area contributed by atoms with Crippen molar-refractivity contribution in [2.45, 2.75) is 13.5 Å². The molecule has 0 unspecified atom stereocenters. The van der Waals surface area contributed by atoms with Crippen molar-refractivity contribution in [3.63, 3.8) is 0 Å². The number of benzene rings is 2. The lowest BCUT2D eigenvalue weighted by Gasteiger charge is -2.09. The zero-order valence-corrected chi connectivity index (χ0v) is 17.1. The number of anilines is 1. The molecule has 4 aromatic rings. The van der Waals surface area contributed by atoms with E-state index in [0.717, 1.165) is 16.2 Å². The number of hydrogen-bond donors (Lipinski definition) is 1. The molecular formula is C20H14Cl2FN5O2. The molecule has 30 heavy (non-hydrogen) atoms. The highest BCUT2D eigenvalue weighted by Gasteiger charge is 2.15. The van der Waals surface area contributed by atoms with Gasteiger partial charge < -0.3 is 5.32 Å². The summed E-state index contributed by atoms with van der Waals surface area (Å²) in [5.74, 6) is -1.26. The normalized spacial score (nSPS) is 11.1. The number of hydrogen-bond acceptors (Lipinski definition) is 4. The number of aromatic nitrogens is 4. The van der Waals surface area contributed by atoms with Gasteiger partial charge in [-0.2, -0.15) is 5.10 Å². The number of carbonyl (C=O) groups excluding carboxylic acids is 1. The number of aryl methyl sites for hydroxylation is 1. The number of amides is 1. The fraction of sp³-hybridized carbons (Fsp3) is 0.100. The number of nitrogens with zero attached hydrogens (tertiary/aromatic N) is 4. The van der Waals surface area contributed by atoms with Gasteiger partial charge in [0.15, 0.2) is 5.65 Å². The summed E-state index contributed by atoms with van der Waals surface area (Å²) in [6, 6.07) is 9.21. The van der Waals surface area contributed by atoms with Crippen LogP contribution >= 0.6 is 23.2 Å². The van der Waals surface area contributed by atoms with Gasteiger partial charge in [0.05, 0.1) is 17.6 Å². The van der Waals surface area contributed by atoms with Crippen molar-refractivity contribution in [3.05, 3.63) is 80.7 Å². The Morgan fingerprint density at radius 3 is 2.67 bits per heavy atom. The SMILES string of the molecule is Cc1ccc(Cl)cc1-n1ncc2c(=O)n(CC(=O)Nc3ccc(Cl)cc3F)cnc21. The van der Waals surface area contributed by atoms with E-state index in [-0.39, 0.29) is 22.6 Å². The number of nitrogens with one attached hydrogen (secondary N) is 1. The van der Waals surface area contributed by atoms with E-state index in [2.05, 4.69) is 15.4 Å². The highest BCUT2D eigenvalue weighted by molar-refractivity contribution is 6.31. The first kappa shape index (κ1) is 20.1. The summed E-state index contributed by atoms with van der Waals surface area (Å²) < 4.78 is 16.5. The third kappa shape index (κ3) is 3.79. The third-order valence-corrected chi connectivity index (χ3v) is 4.94. The van der Waals surface area contributed by atoms with Crippen molar-refractivity contribution in [1.29, 1.82) is 0 Å². The summed E-state index contributed by atoms with van der Waals surface area (Å²) in [7, 11) is 0. The van der Waals surface area contributed by atoms with Gasteiger partial charge in [0.2, 0.25) is 5.91 Å². The fourth-order valence-electron chi connectivity index (χ4n) is 2.98. The van der Waals surface area contributed by atoms with Crippen LogP contribution in [-0.4, -0.2) is 25.2 Å². The number of carbonyl (C=O) groups is 1. The quantitative estimate of drug-likeness (QED) is 0.515. The van der Waals surface area contributed by atoms with Crippen LogP contribution in [0.15, 0.2) is 53.7 Å². The Balaban J connectivity index is 1.64. The molecule has 2 aromatic heterocycles. The van der Waals surface area contributed by atoms with E-state index in [0.29, 0.717) is 16.4 Å². The van der Waals surface area contributed by atoms with Gasteiger partial charge in [0.25, 0.3) is 5.56 Å². The second-order valence-corrected chi connectivity index (χ2v) is 7.45. The molecule has 0 spiro atoms. The molecule has 1 amide bonds. The zero-order valence-electron chi connectivity index (χ0n) is 15.6. The van der Waals surface area contributed by atoms with Crippen LogP contribution in [0.1, 0.15) is 5.56 Å². The monoisotopic (exact) mass is 445 g/mol. The molecule has 0 aliphatic carbocycles. The molecule has 2 heterocycles. The minimum atomic E-state index is -0.671. The van der Waals surface area contributed by atoms with Gasteiger partial charge in [-0.15, -0.1) is 0 Å². The van der Waals surface area contributed by atoms with E-state index in [1.54, 1.807) is 12.1 Å². The summed E-state index contributed by atoms with van der Waals surface area (Å²) in [5, 5.41) is 7.64. The Hall–Kier alpha value is -3.23. The highest BCUT2D eigenvalue weighted by atomic mass is 35.5. The summed E-state index contributed by atoms with van der Waals surface area (Å²) >= 11 is 11.8. The van der Waals surface area contributed by atoms with Crippen molar-refractivity contribution in [2.75, 3.05) is 5.32 Å². The van der Waals surface area contributed by atoms with Gasteiger partial charge in [-0.3, -0.25) is 14.2 Å². The second kappa shape index (κ2) is 7.89. The van der Waals surface area contributed by atoms with E-state index in [1.165, 1.54) is 29.3 Å². The van der Waals surface area contributed by atoms with Gasteiger partial charge in [0, 0.05) is 10.0 Å². The Bertz CT molecular complexity index is 1350. The molecule has 0 bridgehead atoms. The van der Waals surface area contributed by atoms with Crippen LogP contribution in [0.3, 0.4) is 0 Å². The Morgan fingerprint density at radius 2 is 1.90 bits per heavy atom. The van der Waals surface area contributed by atoms with Gasteiger partial charge in [-0.25, -0.2) is 14.1 Å². The summed E-state index contributed by atoms with van der Waals surface area (Å²) in [6.45, 7) is 1.55. The van der Waals surface area contributed by atoms with Crippen molar-refractivity contribution < 1.29 is 9.18 Å². The maximum atomic E-state index is 13.9. The molecule has 0 radical (unpaired) electrons. The van der Waals surface area contributed by atoms with Gasteiger partial charge >= 0.3 is 0 Å². The predicted octanol–water partition coefficient (Wildman–Crippen LogP) is 3.98. The maximum absolute atomic E-state index is 13.9. The summed E-state index contributed by atoms with van der Waals surface area (Å²) in [6.07, 6.45) is 2.64. The molecule has 152 valence electrons. The molecule has 0 atom stereocenters. The first-order chi connectivity index (χ1) is 14.3. The maximum Gasteiger partial charge on any atom is 0.264 e. The van der Waals surface area contributed by atoms with E-state index in [1.807, 2.05) is 13.0 Å². The van der Waals surface area contributed by atoms with E-state index in [9.17, 15) is 14.0 Å². The highest BCUT2D eigenvalue weighted by Crippen LogP contribution is 2.22. The average molecular weight is 446 g/mol. The molecule has 0 aliphatic rings. The topological polar surface area (TPSA) is 81.8 Å². The van der Waals surface area contributed by atoms with Gasteiger partial charge in [-0.05, 0) is 42.8 Å². The average Bonchev–Trinajstić information content (AvgIpc) is 3.13. The first-order valence-corrected chi connectivity index (χ1v) is 9.53. The minimum Gasteiger partial charge on any atom is -0.322 e. The van der Waals surface area contributed by atoms with Crippen molar-refractivity contribution in [2.24, 2.45) is 0 Å². The zero-order chi connectivity index (χ0) is 21.4. The third-order valence-electron chi connectivity index (χ3n) is 4.47. The molecular weight excluding hydrogens is 432 g/mol. The Labute approximate surface area is 179 Å². The van der Waals surface area contributed by atoms with Gasteiger partial charge in [-0.1, -0.05) is 29.3 Å². The van der Waals surface area contributed by atoms with E-state index >= 15 is 0 Å². The predicted molar refractivity (Wildman–Crippen MR) is 113 cm³/mol. The fourth-order valence-corrected chi connectivity index (χ4v) is 3.31. The molecule has 10 heteroatoms. The second-order valence-electron chi connectivity index (χ2n) is 6.57. The Kier molecular flexibility index (Phi) is 5.27.